The minimum Gasteiger partial charge on any atom is -0.494 e. The van der Waals surface area contributed by atoms with Crippen molar-refractivity contribution in [1.29, 1.82) is 0 Å². The molecule has 0 radical (unpaired) electrons. The predicted octanol–water partition coefficient (Wildman–Crippen LogP) is 6.65. The van der Waals surface area contributed by atoms with E-state index in [1.807, 2.05) is 30.3 Å². The molecule has 2 atom stereocenters. The highest BCUT2D eigenvalue weighted by Gasteiger charge is 2.36. The first-order chi connectivity index (χ1) is 31.9. The van der Waals surface area contributed by atoms with E-state index in [-0.39, 0.29) is 29.6 Å². The number of carbonyl (C=O) groups excluding carboxylic acids is 3. The van der Waals surface area contributed by atoms with Gasteiger partial charge in [-0.05, 0) is 103 Å². The van der Waals surface area contributed by atoms with Crippen LogP contribution in [0.1, 0.15) is 56.1 Å². The summed E-state index contributed by atoms with van der Waals surface area (Å²) in [5, 5.41) is 9.86. The topological polar surface area (TPSA) is 178 Å². The number of imide groups is 1. The van der Waals surface area contributed by atoms with Crippen LogP contribution in [0.15, 0.2) is 71.6 Å². The van der Waals surface area contributed by atoms with Crippen LogP contribution in [-0.2, 0) is 25.4 Å². The quantitative estimate of drug-likeness (QED) is 0.0895. The van der Waals surface area contributed by atoms with Gasteiger partial charge in [-0.1, -0.05) is 19.1 Å². The molecule has 4 fully saturated rings. The Morgan fingerprint density at radius 3 is 2.41 bits per heavy atom. The number of anilines is 6. The van der Waals surface area contributed by atoms with Crippen molar-refractivity contribution in [2.24, 2.45) is 5.92 Å². The number of aryl methyl sites for hydroxylation is 1. The van der Waals surface area contributed by atoms with Gasteiger partial charge in [-0.3, -0.25) is 34.6 Å². The van der Waals surface area contributed by atoms with Crippen LogP contribution < -0.4 is 35.8 Å². The fourth-order valence-electron chi connectivity index (χ4n) is 10.1. The molecule has 4 aliphatic rings. The van der Waals surface area contributed by atoms with Crippen LogP contribution in [0.3, 0.4) is 0 Å². The maximum absolute atomic E-state index is 13.8. The van der Waals surface area contributed by atoms with Gasteiger partial charge in [0.15, 0.2) is 0 Å². The molecule has 0 bridgehead atoms. The van der Waals surface area contributed by atoms with Gasteiger partial charge >= 0.3 is 0 Å². The molecule has 3 amide bonds. The number of piperazine rings is 1. The summed E-state index contributed by atoms with van der Waals surface area (Å²) in [6, 6.07) is 16.4. The highest BCUT2D eigenvalue weighted by atomic mass is 79.9. The van der Waals surface area contributed by atoms with Gasteiger partial charge in [0.05, 0.1) is 45.6 Å². The number of nitrogens with one attached hydrogen (secondary N) is 3. The lowest BCUT2D eigenvalue weighted by atomic mass is 9.90. The molecule has 16 nitrogen and oxygen atoms in total. The molecule has 0 saturated carbocycles. The number of benzene rings is 3. The number of methoxy groups -OCH3 is 1. The minimum atomic E-state index is -2.78. The Kier molecular flexibility index (Phi) is 13.3. The lowest BCUT2D eigenvalue weighted by Crippen LogP contribution is -2.55. The van der Waals surface area contributed by atoms with E-state index in [4.69, 9.17) is 9.72 Å². The van der Waals surface area contributed by atoms with Gasteiger partial charge in [-0.2, -0.15) is 4.98 Å². The number of carbonyl (C=O) groups is 3. The van der Waals surface area contributed by atoms with Crippen molar-refractivity contribution < 1.29 is 23.7 Å². The van der Waals surface area contributed by atoms with Gasteiger partial charge < -0.3 is 34.6 Å². The molecule has 5 aromatic rings. The molecule has 1 unspecified atom stereocenters. The molecular formula is C48H57BrN11O5P. The SMILES string of the molecule is CCc1cc(Nc2ncc(Br)c(Nc3ccc4nccnc4c3P(C)(C)=O)n2)c(OC)cc1N1CCC(N2CCN(C(=O)[C@H]3CCN(c4cccc(C5CCC(=O)NC5=O)c4)C3)CC2)CC1. The molecular weight excluding hydrogens is 921 g/mol. The molecule has 4 saturated heterocycles. The summed E-state index contributed by atoms with van der Waals surface area (Å²) in [7, 11) is -1.11. The second-order valence-electron chi connectivity index (χ2n) is 18.0. The second-order valence-corrected chi connectivity index (χ2v) is 22.0. The number of rotatable bonds is 12. The highest BCUT2D eigenvalue weighted by molar-refractivity contribution is 9.10. The van der Waals surface area contributed by atoms with Crippen LogP contribution in [0.25, 0.3) is 11.0 Å². The Balaban J connectivity index is 0.795. The number of ether oxygens (including phenoxy) is 1. The van der Waals surface area contributed by atoms with E-state index < -0.39 is 7.14 Å². The zero-order valence-corrected chi connectivity index (χ0v) is 40.4. The molecule has 66 heavy (non-hydrogen) atoms. The first-order valence-corrected chi connectivity index (χ1v) is 26.3. The van der Waals surface area contributed by atoms with Crippen LogP contribution >= 0.6 is 23.1 Å². The third kappa shape index (κ3) is 9.61. The molecule has 18 heteroatoms. The minimum absolute atomic E-state index is 0.0490. The Labute approximate surface area is 393 Å². The van der Waals surface area contributed by atoms with Crippen molar-refractivity contribution in [1.82, 2.24) is 35.1 Å². The first-order valence-electron chi connectivity index (χ1n) is 22.9. The van der Waals surface area contributed by atoms with Crippen LogP contribution in [0, 0.1) is 5.92 Å². The number of hydrogen-bond donors (Lipinski definition) is 3. The lowest BCUT2D eigenvalue weighted by molar-refractivity contribution is -0.137. The Morgan fingerprint density at radius 1 is 0.894 bits per heavy atom. The molecule has 3 N–H and O–H groups in total. The average molecular weight is 979 g/mol. The standard InChI is InChI=1S/C48H57BrN11O5P/c1-5-30-26-39(54-48-52-28-36(49)45(56-48)53-38-11-10-37-43(51-17-16-50-37)44(38)66(3,4)64)41(65-2)27-40(30)58-19-14-33(15-20-58)57-21-23-59(24-22-57)47(63)32-13-18-60(29-32)34-8-6-7-31(25-34)35-9-12-42(61)55-46(35)62/h6-8,10-11,16-17,25-28,32-33,35H,5,9,12-15,18-24,29H2,1-4H3,(H,55,61,62)(H2,52,53,54,56)/t32-,35?/m0/s1. The second kappa shape index (κ2) is 19.3. The number of hydrogen-bond acceptors (Lipinski definition) is 14. The fraction of sp³-hybridized carbons (Fsp3) is 0.438. The molecule has 0 spiro atoms. The molecule has 9 rings (SSSR count). The van der Waals surface area contributed by atoms with Crippen LogP contribution in [0.4, 0.5) is 34.5 Å². The van der Waals surface area contributed by atoms with E-state index in [0.717, 1.165) is 94.1 Å². The van der Waals surface area contributed by atoms with E-state index in [1.165, 1.54) is 5.56 Å². The molecule has 0 aliphatic carbocycles. The smallest absolute Gasteiger partial charge is 0.234 e. The Morgan fingerprint density at radius 2 is 1.67 bits per heavy atom. The van der Waals surface area contributed by atoms with Gasteiger partial charge in [-0.15, -0.1) is 0 Å². The third-order valence-electron chi connectivity index (χ3n) is 13.5. The monoisotopic (exact) mass is 977 g/mol. The zero-order chi connectivity index (χ0) is 46.1. The Bertz CT molecular complexity index is 2700. The highest BCUT2D eigenvalue weighted by Crippen LogP contribution is 2.42. The van der Waals surface area contributed by atoms with Crippen molar-refractivity contribution in [3.8, 4) is 5.75 Å². The van der Waals surface area contributed by atoms with Crippen molar-refractivity contribution in [2.75, 3.05) is 93.2 Å². The van der Waals surface area contributed by atoms with Gasteiger partial charge in [0.25, 0.3) is 0 Å². The summed E-state index contributed by atoms with van der Waals surface area (Å²) in [5.74, 6) is 0.981. The van der Waals surface area contributed by atoms with Crippen molar-refractivity contribution in [3.05, 3.63) is 82.7 Å². The molecule has 4 aliphatic heterocycles. The van der Waals surface area contributed by atoms with Crippen LogP contribution in [0.2, 0.25) is 0 Å². The fourth-order valence-corrected chi connectivity index (χ4v) is 11.8. The van der Waals surface area contributed by atoms with E-state index in [9.17, 15) is 18.9 Å². The average Bonchev–Trinajstić information content (AvgIpc) is 3.83. The number of nitrogens with zero attached hydrogens (tertiary/aromatic N) is 8. The van der Waals surface area contributed by atoms with Crippen molar-refractivity contribution in [2.45, 2.75) is 57.4 Å². The lowest BCUT2D eigenvalue weighted by Gasteiger charge is -2.44. The summed E-state index contributed by atoms with van der Waals surface area (Å²) in [5.41, 5.74) is 6.95. The largest absolute Gasteiger partial charge is 0.494 e. The molecule has 6 heterocycles. The number of piperidine rings is 2. The van der Waals surface area contributed by atoms with Gasteiger partial charge in [0.1, 0.15) is 24.2 Å². The van der Waals surface area contributed by atoms with E-state index in [0.29, 0.717) is 69.4 Å². The molecule has 3 aromatic carbocycles. The summed E-state index contributed by atoms with van der Waals surface area (Å²) >= 11 is 3.60. The van der Waals surface area contributed by atoms with Crippen molar-refractivity contribution in [3.63, 3.8) is 0 Å². The van der Waals surface area contributed by atoms with Gasteiger partial charge in [0.2, 0.25) is 23.7 Å². The van der Waals surface area contributed by atoms with E-state index in [2.05, 4.69) is 91.6 Å². The molecule has 346 valence electrons. The van der Waals surface area contributed by atoms with Gasteiger partial charge in [0, 0.05) is 101 Å². The predicted molar refractivity (Wildman–Crippen MR) is 263 cm³/mol. The van der Waals surface area contributed by atoms with Gasteiger partial charge in [-0.25, -0.2) is 4.98 Å². The van der Waals surface area contributed by atoms with Crippen LogP contribution in [-0.4, -0.2) is 126 Å². The van der Waals surface area contributed by atoms with Crippen molar-refractivity contribution >= 4 is 91.6 Å². The Hall–Kier alpha value is -5.64. The maximum Gasteiger partial charge on any atom is 0.234 e. The van der Waals surface area contributed by atoms with E-state index >= 15 is 0 Å². The summed E-state index contributed by atoms with van der Waals surface area (Å²) in [6.45, 7) is 12.2. The number of aromatic nitrogens is 4. The third-order valence-corrected chi connectivity index (χ3v) is 15.6. The summed E-state index contributed by atoms with van der Waals surface area (Å²) < 4.78 is 20.1. The number of fused-ring (bicyclic) bond motifs is 1. The summed E-state index contributed by atoms with van der Waals surface area (Å²) in [4.78, 5) is 65.7. The number of halogens is 1. The summed E-state index contributed by atoms with van der Waals surface area (Å²) in [6.07, 6.45) is 9.49. The maximum atomic E-state index is 13.8. The normalized spacial score (nSPS) is 19.9. The first kappa shape index (κ1) is 45.5. The van der Waals surface area contributed by atoms with Crippen LogP contribution in [0.5, 0.6) is 5.75 Å². The van der Waals surface area contributed by atoms with E-state index in [1.54, 1.807) is 39.0 Å². The number of amides is 3. The zero-order valence-electron chi connectivity index (χ0n) is 37.9. The molecule has 2 aromatic heterocycles.